The van der Waals surface area contributed by atoms with Crippen LogP contribution in [0.2, 0.25) is 5.02 Å². The van der Waals surface area contributed by atoms with E-state index >= 15 is 0 Å². The van der Waals surface area contributed by atoms with Crippen molar-refractivity contribution in [3.05, 3.63) is 70.2 Å². The van der Waals surface area contributed by atoms with Crippen LogP contribution >= 0.6 is 27.5 Å². The summed E-state index contributed by atoms with van der Waals surface area (Å²) in [6, 6.07) is 20.2. The molecule has 1 nitrogen and oxygen atoms in total. The number of hydrogen-bond acceptors (Lipinski definition) is 1. The molecule has 4 rings (SSSR count). The zero-order valence-electron chi connectivity index (χ0n) is 10.9. The van der Waals surface area contributed by atoms with Crippen molar-refractivity contribution in [3.8, 4) is 11.1 Å². The minimum Gasteiger partial charge on any atom is -0.456 e. The maximum absolute atomic E-state index is 6.14. The lowest BCUT2D eigenvalue weighted by atomic mass is 10.0. The van der Waals surface area contributed by atoms with Gasteiger partial charge in [-0.1, -0.05) is 51.8 Å². The summed E-state index contributed by atoms with van der Waals surface area (Å²) in [6.45, 7) is 0. The highest BCUT2D eigenvalue weighted by molar-refractivity contribution is 9.10. The first kappa shape index (κ1) is 12.9. The molecule has 0 saturated carbocycles. The van der Waals surface area contributed by atoms with Crippen molar-refractivity contribution in [2.24, 2.45) is 0 Å². The highest BCUT2D eigenvalue weighted by Gasteiger charge is 2.08. The van der Waals surface area contributed by atoms with E-state index in [9.17, 15) is 0 Å². The van der Waals surface area contributed by atoms with Crippen LogP contribution in [0.25, 0.3) is 33.1 Å². The first-order chi connectivity index (χ1) is 10.2. The van der Waals surface area contributed by atoms with Crippen molar-refractivity contribution in [2.45, 2.75) is 0 Å². The fourth-order valence-corrected chi connectivity index (χ4v) is 3.49. The van der Waals surface area contributed by atoms with Crippen molar-refractivity contribution in [2.75, 3.05) is 0 Å². The van der Waals surface area contributed by atoms with Crippen molar-refractivity contribution >= 4 is 49.5 Å². The maximum Gasteiger partial charge on any atom is 0.135 e. The van der Waals surface area contributed by atoms with Crippen molar-refractivity contribution in [3.63, 3.8) is 0 Å². The van der Waals surface area contributed by atoms with E-state index in [1.54, 1.807) is 0 Å². The minimum absolute atomic E-state index is 0.719. The molecular formula is C18H10BrClO. The number of rotatable bonds is 1. The lowest BCUT2D eigenvalue weighted by Crippen LogP contribution is -1.79. The third-order valence-corrected chi connectivity index (χ3v) is 4.25. The molecular weight excluding hydrogens is 348 g/mol. The number of benzene rings is 3. The van der Waals surface area contributed by atoms with Gasteiger partial charge in [-0.3, -0.25) is 0 Å². The van der Waals surface area contributed by atoms with E-state index in [0.717, 1.165) is 42.6 Å². The highest BCUT2D eigenvalue weighted by atomic mass is 79.9. The van der Waals surface area contributed by atoms with Gasteiger partial charge in [-0.05, 0) is 47.5 Å². The summed E-state index contributed by atoms with van der Waals surface area (Å²) < 4.78 is 6.83. The number of halogens is 2. The Morgan fingerprint density at radius 1 is 0.762 bits per heavy atom. The van der Waals surface area contributed by atoms with Gasteiger partial charge in [-0.15, -0.1) is 0 Å². The molecule has 0 bridgehead atoms. The zero-order valence-corrected chi connectivity index (χ0v) is 13.3. The lowest BCUT2D eigenvalue weighted by molar-refractivity contribution is 0.669. The molecule has 0 saturated heterocycles. The Balaban J connectivity index is 1.99. The third-order valence-electron chi connectivity index (χ3n) is 3.57. The van der Waals surface area contributed by atoms with Crippen LogP contribution in [-0.2, 0) is 0 Å². The van der Waals surface area contributed by atoms with Gasteiger partial charge in [0.15, 0.2) is 0 Å². The van der Waals surface area contributed by atoms with Crippen LogP contribution in [0.3, 0.4) is 0 Å². The summed E-state index contributed by atoms with van der Waals surface area (Å²) in [5, 5.41) is 2.98. The van der Waals surface area contributed by atoms with Crippen LogP contribution in [0.5, 0.6) is 0 Å². The van der Waals surface area contributed by atoms with Crippen LogP contribution in [-0.4, -0.2) is 0 Å². The quantitative estimate of drug-likeness (QED) is 0.371. The predicted molar refractivity (Wildman–Crippen MR) is 91.9 cm³/mol. The Bertz CT molecular complexity index is 951. The van der Waals surface area contributed by atoms with Gasteiger partial charge in [0.1, 0.15) is 11.2 Å². The van der Waals surface area contributed by atoms with Gasteiger partial charge in [0.25, 0.3) is 0 Å². The van der Waals surface area contributed by atoms with Crippen molar-refractivity contribution < 1.29 is 4.42 Å². The Hall–Kier alpha value is -1.77. The summed E-state index contributed by atoms with van der Waals surface area (Å²) in [7, 11) is 0. The van der Waals surface area contributed by atoms with Crippen LogP contribution in [0, 0.1) is 0 Å². The molecule has 1 aromatic heterocycles. The normalized spacial score (nSPS) is 11.3. The first-order valence-corrected chi connectivity index (χ1v) is 7.75. The van der Waals surface area contributed by atoms with E-state index in [4.69, 9.17) is 16.0 Å². The second-order valence-electron chi connectivity index (χ2n) is 4.97. The summed E-state index contributed by atoms with van der Waals surface area (Å²) in [6.07, 6.45) is 0. The van der Waals surface area contributed by atoms with Gasteiger partial charge >= 0.3 is 0 Å². The van der Waals surface area contributed by atoms with Gasteiger partial charge in [-0.2, -0.15) is 0 Å². The fourth-order valence-electron chi connectivity index (χ4n) is 2.63. The molecule has 0 radical (unpaired) electrons. The second kappa shape index (κ2) is 4.90. The molecule has 0 spiro atoms. The van der Waals surface area contributed by atoms with Crippen molar-refractivity contribution in [1.82, 2.24) is 0 Å². The fraction of sp³-hybridized carbons (Fsp3) is 0. The molecule has 0 amide bonds. The van der Waals surface area contributed by atoms with Gasteiger partial charge in [0, 0.05) is 20.3 Å². The average molecular weight is 358 g/mol. The molecule has 0 aliphatic rings. The number of hydrogen-bond donors (Lipinski definition) is 0. The topological polar surface area (TPSA) is 13.1 Å². The van der Waals surface area contributed by atoms with E-state index in [1.165, 1.54) is 0 Å². The Kier molecular flexibility index (Phi) is 3.02. The summed E-state index contributed by atoms with van der Waals surface area (Å²) >= 11 is 9.63. The molecule has 0 aliphatic heterocycles. The SMILES string of the molecule is Clc1cc(Br)cc(-c2ccc3oc4ccccc4c3c2)c1. The summed E-state index contributed by atoms with van der Waals surface area (Å²) in [4.78, 5) is 0. The molecule has 0 fully saturated rings. The Labute approximate surface area is 135 Å². The van der Waals surface area contributed by atoms with Gasteiger partial charge in [0.05, 0.1) is 0 Å². The third kappa shape index (κ3) is 2.25. The van der Waals surface area contributed by atoms with E-state index < -0.39 is 0 Å². The van der Waals surface area contributed by atoms with Crippen LogP contribution < -0.4 is 0 Å². The zero-order chi connectivity index (χ0) is 14.4. The predicted octanol–water partition coefficient (Wildman–Crippen LogP) is 6.67. The smallest absolute Gasteiger partial charge is 0.135 e. The second-order valence-corrected chi connectivity index (χ2v) is 6.32. The van der Waals surface area contributed by atoms with Crippen LogP contribution in [0.1, 0.15) is 0 Å². The monoisotopic (exact) mass is 356 g/mol. The molecule has 4 aromatic rings. The molecule has 1 heterocycles. The van der Waals surface area contributed by atoms with Gasteiger partial charge < -0.3 is 4.42 Å². The molecule has 0 unspecified atom stereocenters. The standard InChI is InChI=1S/C18H10BrClO/c19-13-7-12(8-14(20)10-13)11-5-6-18-16(9-11)15-3-1-2-4-17(15)21-18/h1-10H. The highest BCUT2D eigenvalue weighted by Crippen LogP contribution is 2.34. The van der Waals surface area contributed by atoms with E-state index in [0.29, 0.717) is 0 Å². The molecule has 21 heavy (non-hydrogen) atoms. The van der Waals surface area contributed by atoms with E-state index in [1.807, 2.05) is 36.4 Å². The summed E-state index contributed by atoms with van der Waals surface area (Å²) in [5.41, 5.74) is 4.02. The molecule has 102 valence electrons. The van der Waals surface area contributed by atoms with Crippen LogP contribution in [0.15, 0.2) is 69.6 Å². The molecule has 0 aliphatic carbocycles. The maximum atomic E-state index is 6.14. The average Bonchev–Trinajstić information content (AvgIpc) is 2.84. The largest absolute Gasteiger partial charge is 0.456 e. The molecule has 0 N–H and O–H groups in total. The number of fused-ring (bicyclic) bond motifs is 3. The van der Waals surface area contributed by atoms with Crippen molar-refractivity contribution in [1.29, 1.82) is 0 Å². The number of furan rings is 1. The molecule has 0 atom stereocenters. The molecule has 3 heteroatoms. The van der Waals surface area contributed by atoms with Gasteiger partial charge in [0.2, 0.25) is 0 Å². The van der Waals surface area contributed by atoms with Gasteiger partial charge in [-0.25, -0.2) is 0 Å². The number of para-hydroxylation sites is 1. The first-order valence-electron chi connectivity index (χ1n) is 6.58. The minimum atomic E-state index is 0.719. The summed E-state index contributed by atoms with van der Waals surface area (Å²) in [5.74, 6) is 0. The Morgan fingerprint density at radius 3 is 2.43 bits per heavy atom. The van der Waals surface area contributed by atoms with E-state index in [-0.39, 0.29) is 0 Å². The van der Waals surface area contributed by atoms with E-state index in [2.05, 4.69) is 40.2 Å². The Morgan fingerprint density at radius 2 is 1.57 bits per heavy atom. The molecule has 3 aromatic carbocycles. The lowest BCUT2D eigenvalue weighted by Gasteiger charge is -2.04. The van der Waals surface area contributed by atoms with Crippen LogP contribution in [0.4, 0.5) is 0 Å².